The fourth-order valence-electron chi connectivity index (χ4n) is 3.49. The molecule has 1 aliphatic rings. The lowest BCUT2D eigenvalue weighted by molar-refractivity contribution is -0.116. The Morgan fingerprint density at radius 2 is 2.17 bits per heavy atom. The molecule has 2 amide bonds. The van der Waals surface area contributed by atoms with Crippen molar-refractivity contribution >= 4 is 45.6 Å². The normalized spacial score (nSPS) is 16.4. The Labute approximate surface area is 179 Å². The van der Waals surface area contributed by atoms with Crippen molar-refractivity contribution in [1.82, 2.24) is 0 Å². The average Bonchev–Trinajstić information content (AvgIpc) is 3.01. The number of hydrogen-bond donors (Lipinski definition) is 2. The largest absolute Gasteiger partial charge is 0.326 e. The van der Waals surface area contributed by atoms with E-state index in [0.717, 1.165) is 29.7 Å². The third kappa shape index (κ3) is 5.20. The van der Waals surface area contributed by atoms with E-state index in [0.29, 0.717) is 28.6 Å². The van der Waals surface area contributed by atoms with Crippen LogP contribution in [-0.2, 0) is 22.4 Å². The third-order valence-electron chi connectivity index (χ3n) is 4.96. The zero-order valence-corrected chi connectivity index (χ0v) is 18.5. The number of nitriles is 1. The first-order chi connectivity index (χ1) is 13.9. The van der Waals surface area contributed by atoms with E-state index in [9.17, 15) is 14.9 Å². The third-order valence-corrected chi connectivity index (χ3v) is 7.48. The molecule has 0 radical (unpaired) electrons. The van der Waals surface area contributed by atoms with E-state index in [1.807, 2.05) is 31.2 Å². The summed E-state index contributed by atoms with van der Waals surface area (Å²) in [6.45, 7) is 5.67. The Kier molecular flexibility index (Phi) is 6.99. The van der Waals surface area contributed by atoms with Crippen LogP contribution in [0, 0.1) is 17.2 Å². The number of hydrogen-bond acceptors (Lipinski definition) is 5. The van der Waals surface area contributed by atoms with Crippen molar-refractivity contribution in [3.63, 3.8) is 0 Å². The number of rotatable bonds is 6. The van der Waals surface area contributed by atoms with Gasteiger partial charge in [-0.2, -0.15) is 5.26 Å². The molecule has 2 atom stereocenters. The van der Waals surface area contributed by atoms with Gasteiger partial charge in [-0.1, -0.05) is 19.9 Å². The minimum Gasteiger partial charge on any atom is -0.326 e. The zero-order valence-electron chi connectivity index (χ0n) is 16.9. The molecule has 152 valence electrons. The van der Waals surface area contributed by atoms with Crippen molar-refractivity contribution in [2.24, 2.45) is 5.92 Å². The van der Waals surface area contributed by atoms with Crippen LogP contribution in [-0.4, -0.2) is 17.1 Å². The number of amides is 2. The van der Waals surface area contributed by atoms with Gasteiger partial charge in [0, 0.05) is 22.4 Å². The summed E-state index contributed by atoms with van der Waals surface area (Å²) < 4.78 is 0. The number of fused-ring (bicyclic) bond motifs is 1. The quantitative estimate of drug-likeness (QED) is 0.620. The van der Waals surface area contributed by atoms with Gasteiger partial charge < -0.3 is 10.6 Å². The highest BCUT2D eigenvalue weighted by Crippen LogP contribution is 2.39. The number of nitrogens with one attached hydrogen (secondary N) is 2. The lowest BCUT2D eigenvalue weighted by atomic mass is 9.88. The molecule has 7 heteroatoms. The molecule has 1 aliphatic carbocycles. The van der Waals surface area contributed by atoms with Crippen LogP contribution in [0.1, 0.15) is 49.6 Å². The van der Waals surface area contributed by atoms with Gasteiger partial charge in [0.25, 0.3) is 0 Å². The van der Waals surface area contributed by atoms with Gasteiger partial charge in [-0.05, 0) is 55.4 Å². The first kappa shape index (κ1) is 21.4. The van der Waals surface area contributed by atoms with Gasteiger partial charge in [0.2, 0.25) is 11.8 Å². The Bertz CT molecular complexity index is 961. The zero-order chi connectivity index (χ0) is 21.0. The highest BCUT2D eigenvalue weighted by Gasteiger charge is 2.26. The first-order valence-corrected chi connectivity index (χ1v) is 11.5. The van der Waals surface area contributed by atoms with E-state index in [2.05, 4.69) is 23.6 Å². The second-order valence-corrected chi connectivity index (χ2v) is 9.76. The molecule has 2 aromatic rings. The standard InChI is InChI=1S/C22H25N3O2S2/c1-4-19(28-16-7-5-6-15(11-16)24-14(3)26)21(27)25-22-18(12-23)17-9-8-13(2)10-20(17)29-22/h5-7,11,13,19H,4,8-10H2,1-3H3,(H,24,26)(H,25,27). The summed E-state index contributed by atoms with van der Waals surface area (Å²) in [5.41, 5.74) is 2.47. The van der Waals surface area contributed by atoms with E-state index in [4.69, 9.17) is 0 Å². The van der Waals surface area contributed by atoms with Crippen LogP contribution in [0.5, 0.6) is 0 Å². The lowest BCUT2D eigenvalue weighted by Crippen LogP contribution is -2.24. The summed E-state index contributed by atoms with van der Waals surface area (Å²) in [4.78, 5) is 26.4. The van der Waals surface area contributed by atoms with Crippen LogP contribution in [0.25, 0.3) is 0 Å². The van der Waals surface area contributed by atoms with Gasteiger partial charge in [0.15, 0.2) is 0 Å². The molecule has 0 bridgehead atoms. The maximum absolute atomic E-state index is 13.0. The van der Waals surface area contributed by atoms with Gasteiger partial charge >= 0.3 is 0 Å². The Morgan fingerprint density at radius 1 is 1.38 bits per heavy atom. The number of benzene rings is 1. The van der Waals surface area contributed by atoms with Gasteiger partial charge in [-0.25, -0.2) is 0 Å². The number of thiophene rings is 1. The van der Waals surface area contributed by atoms with Crippen LogP contribution in [0.15, 0.2) is 29.2 Å². The van der Waals surface area contributed by atoms with Gasteiger partial charge in [-0.15, -0.1) is 23.1 Å². The summed E-state index contributed by atoms with van der Waals surface area (Å²) in [5.74, 6) is 0.397. The average molecular weight is 428 g/mol. The van der Waals surface area contributed by atoms with E-state index in [1.54, 1.807) is 11.3 Å². The highest BCUT2D eigenvalue weighted by atomic mass is 32.2. The Balaban J connectivity index is 1.74. The van der Waals surface area contributed by atoms with Crippen molar-refractivity contribution in [3.05, 3.63) is 40.3 Å². The Hall–Kier alpha value is -2.30. The van der Waals surface area contributed by atoms with Crippen LogP contribution in [0.4, 0.5) is 10.7 Å². The summed E-state index contributed by atoms with van der Waals surface area (Å²) in [6.07, 6.45) is 3.63. The van der Waals surface area contributed by atoms with Gasteiger partial charge in [-0.3, -0.25) is 9.59 Å². The molecule has 0 saturated heterocycles. The van der Waals surface area contributed by atoms with Gasteiger partial charge in [0.1, 0.15) is 11.1 Å². The number of thioether (sulfide) groups is 1. The van der Waals surface area contributed by atoms with E-state index >= 15 is 0 Å². The topological polar surface area (TPSA) is 82.0 Å². The number of anilines is 2. The molecule has 1 aromatic carbocycles. The second-order valence-electron chi connectivity index (χ2n) is 7.38. The molecule has 0 fully saturated rings. The minimum absolute atomic E-state index is 0.0921. The maximum atomic E-state index is 13.0. The van der Waals surface area contributed by atoms with Crippen molar-refractivity contribution < 1.29 is 9.59 Å². The van der Waals surface area contributed by atoms with Crippen molar-refractivity contribution in [2.75, 3.05) is 10.6 Å². The number of carbonyl (C=O) groups excluding carboxylic acids is 2. The van der Waals surface area contributed by atoms with Crippen molar-refractivity contribution in [3.8, 4) is 6.07 Å². The van der Waals surface area contributed by atoms with Crippen molar-refractivity contribution in [2.45, 2.75) is 56.6 Å². The summed E-state index contributed by atoms with van der Waals surface area (Å²) in [7, 11) is 0. The summed E-state index contributed by atoms with van der Waals surface area (Å²) >= 11 is 3.02. The molecule has 29 heavy (non-hydrogen) atoms. The Morgan fingerprint density at radius 3 is 2.86 bits per heavy atom. The van der Waals surface area contributed by atoms with Crippen LogP contribution >= 0.6 is 23.1 Å². The molecule has 3 rings (SSSR count). The monoisotopic (exact) mass is 427 g/mol. The maximum Gasteiger partial charge on any atom is 0.238 e. The number of nitrogens with zero attached hydrogens (tertiary/aromatic N) is 1. The van der Waals surface area contributed by atoms with Crippen LogP contribution < -0.4 is 10.6 Å². The molecule has 1 aromatic heterocycles. The molecule has 2 N–H and O–H groups in total. The van der Waals surface area contributed by atoms with Crippen LogP contribution in [0.2, 0.25) is 0 Å². The van der Waals surface area contributed by atoms with E-state index in [-0.39, 0.29) is 17.1 Å². The molecule has 0 aliphatic heterocycles. The molecular formula is C22H25N3O2S2. The molecule has 1 heterocycles. The lowest BCUT2D eigenvalue weighted by Gasteiger charge is -2.17. The summed E-state index contributed by atoms with van der Waals surface area (Å²) in [5, 5.41) is 15.8. The van der Waals surface area contributed by atoms with Crippen molar-refractivity contribution in [1.29, 1.82) is 5.26 Å². The minimum atomic E-state index is -0.285. The van der Waals surface area contributed by atoms with Crippen LogP contribution in [0.3, 0.4) is 0 Å². The molecule has 2 unspecified atom stereocenters. The molecule has 0 saturated carbocycles. The van der Waals surface area contributed by atoms with E-state index in [1.165, 1.54) is 23.6 Å². The predicted molar refractivity (Wildman–Crippen MR) is 120 cm³/mol. The fraction of sp³-hybridized carbons (Fsp3) is 0.409. The fourth-order valence-corrected chi connectivity index (χ4v) is 5.86. The molecule has 0 spiro atoms. The smallest absolute Gasteiger partial charge is 0.238 e. The SMILES string of the molecule is CCC(Sc1cccc(NC(C)=O)c1)C(=O)Nc1sc2c(c1C#N)CCC(C)C2. The first-order valence-electron chi connectivity index (χ1n) is 9.81. The second kappa shape index (κ2) is 9.47. The van der Waals surface area contributed by atoms with Gasteiger partial charge in [0.05, 0.1) is 10.8 Å². The predicted octanol–water partition coefficient (Wildman–Crippen LogP) is 5.21. The van der Waals surface area contributed by atoms with E-state index < -0.39 is 0 Å². The molecule has 5 nitrogen and oxygen atoms in total. The highest BCUT2D eigenvalue weighted by molar-refractivity contribution is 8.00. The number of carbonyl (C=O) groups is 2. The molecular weight excluding hydrogens is 402 g/mol. The summed E-state index contributed by atoms with van der Waals surface area (Å²) in [6, 6.07) is 9.79.